The lowest BCUT2D eigenvalue weighted by Gasteiger charge is -2.25. The lowest BCUT2D eigenvalue weighted by molar-refractivity contribution is -0.132. The molecule has 8 heteroatoms. The number of hydrogen-bond donors (Lipinski definition) is 3. The van der Waals surface area contributed by atoms with Crippen molar-refractivity contribution in [3.8, 4) is 11.5 Å². The Morgan fingerprint density at radius 1 is 1.17 bits per heavy atom. The molecule has 148 valence electrons. The van der Waals surface area contributed by atoms with Gasteiger partial charge in [0.15, 0.2) is 11.5 Å². The number of para-hydroxylation sites is 3. The number of aromatic nitrogens is 1. The summed E-state index contributed by atoms with van der Waals surface area (Å²) in [5.41, 5.74) is 5.27. The van der Waals surface area contributed by atoms with Gasteiger partial charge >= 0.3 is 0 Å². The minimum atomic E-state index is -0.810. The van der Waals surface area contributed by atoms with E-state index in [2.05, 4.69) is 20.8 Å². The maximum atomic E-state index is 12.2. The number of aromatic amines is 1. The van der Waals surface area contributed by atoms with E-state index in [1.54, 1.807) is 24.4 Å². The Labute approximate surface area is 166 Å². The van der Waals surface area contributed by atoms with Gasteiger partial charge in [-0.15, -0.1) is 0 Å². The predicted octanol–water partition coefficient (Wildman–Crippen LogP) is 1.88. The number of fused-ring (bicyclic) bond motifs is 2. The zero-order valence-corrected chi connectivity index (χ0v) is 15.8. The Balaban J connectivity index is 1.28. The van der Waals surface area contributed by atoms with E-state index < -0.39 is 17.9 Å². The number of carbonyl (C=O) groups excluding carboxylic acids is 2. The van der Waals surface area contributed by atoms with Gasteiger partial charge < -0.3 is 19.8 Å². The van der Waals surface area contributed by atoms with Gasteiger partial charge in [-0.25, -0.2) is 5.43 Å². The van der Waals surface area contributed by atoms with Gasteiger partial charge in [0.2, 0.25) is 6.10 Å². The molecule has 1 aromatic heterocycles. The third kappa shape index (κ3) is 4.06. The minimum absolute atomic E-state index is 0.0858. The SMILES string of the molecule is Cc1[nH]c2ccccc2c1/C=N/NC(=O)CNC(=O)[C@H]1COc2ccccc2O1. The molecule has 2 heterocycles. The van der Waals surface area contributed by atoms with Gasteiger partial charge in [-0.2, -0.15) is 5.10 Å². The zero-order valence-electron chi connectivity index (χ0n) is 15.8. The Morgan fingerprint density at radius 2 is 1.93 bits per heavy atom. The first-order valence-electron chi connectivity index (χ1n) is 9.17. The highest BCUT2D eigenvalue weighted by atomic mass is 16.6. The molecule has 4 rings (SSSR count). The highest BCUT2D eigenvalue weighted by Crippen LogP contribution is 2.30. The van der Waals surface area contributed by atoms with E-state index in [0.717, 1.165) is 22.2 Å². The average molecular weight is 392 g/mol. The first kappa shape index (κ1) is 18.5. The molecular formula is C21H20N4O4. The number of benzene rings is 2. The van der Waals surface area contributed by atoms with Crippen molar-refractivity contribution in [2.24, 2.45) is 5.10 Å². The van der Waals surface area contributed by atoms with Crippen molar-refractivity contribution in [1.82, 2.24) is 15.7 Å². The van der Waals surface area contributed by atoms with Gasteiger partial charge in [-0.05, 0) is 25.1 Å². The van der Waals surface area contributed by atoms with Gasteiger partial charge in [-0.3, -0.25) is 9.59 Å². The molecular weight excluding hydrogens is 372 g/mol. The molecule has 1 aliphatic heterocycles. The summed E-state index contributed by atoms with van der Waals surface area (Å²) in [6.45, 7) is 1.81. The standard InChI is InChI=1S/C21H20N4O4/c1-13-15(14-6-2-3-7-16(14)24-13)10-23-25-20(26)11-22-21(27)19-12-28-17-8-4-5-9-18(17)29-19/h2-10,19,24H,11-12H2,1H3,(H,22,27)(H,25,26)/b23-10+/t19-/m1/s1. The molecule has 3 aromatic rings. The van der Waals surface area contributed by atoms with E-state index in [0.29, 0.717) is 11.5 Å². The Bertz CT molecular complexity index is 1090. The van der Waals surface area contributed by atoms with Crippen molar-refractivity contribution >= 4 is 28.9 Å². The van der Waals surface area contributed by atoms with Crippen LogP contribution in [0.2, 0.25) is 0 Å². The van der Waals surface area contributed by atoms with Crippen LogP contribution in [0, 0.1) is 6.92 Å². The number of ether oxygens (including phenoxy) is 2. The van der Waals surface area contributed by atoms with E-state index in [9.17, 15) is 9.59 Å². The van der Waals surface area contributed by atoms with Crippen molar-refractivity contribution < 1.29 is 19.1 Å². The molecule has 0 saturated carbocycles. The molecule has 29 heavy (non-hydrogen) atoms. The summed E-state index contributed by atoms with van der Waals surface area (Å²) in [7, 11) is 0. The van der Waals surface area contributed by atoms with Crippen LogP contribution in [0.15, 0.2) is 53.6 Å². The first-order valence-corrected chi connectivity index (χ1v) is 9.17. The fraction of sp³-hybridized carbons (Fsp3) is 0.190. The van der Waals surface area contributed by atoms with Gasteiger partial charge in [0.1, 0.15) is 6.61 Å². The van der Waals surface area contributed by atoms with Crippen LogP contribution in [0.1, 0.15) is 11.3 Å². The quantitative estimate of drug-likeness (QED) is 0.455. The number of aryl methyl sites for hydroxylation is 1. The number of carbonyl (C=O) groups is 2. The van der Waals surface area contributed by atoms with Crippen LogP contribution in [-0.2, 0) is 9.59 Å². The first-order chi connectivity index (χ1) is 14.1. The third-order valence-corrected chi connectivity index (χ3v) is 4.55. The number of hydrazone groups is 1. The second-order valence-corrected chi connectivity index (χ2v) is 6.58. The lowest BCUT2D eigenvalue weighted by atomic mass is 10.1. The normalized spacial score (nSPS) is 15.4. The van der Waals surface area contributed by atoms with Gasteiger partial charge in [-0.1, -0.05) is 30.3 Å². The molecule has 2 aromatic carbocycles. The largest absolute Gasteiger partial charge is 0.485 e. The van der Waals surface area contributed by atoms with Crippen LogP contribution in [0.4, 0.5) is 0 Å². The van der Waals surface area contributed by atoms with Crippen molar-refractivity contribution in [1.29, 1.82) is 0 Å². The fourth-order valence-corrected chi connectivity index (χ4v) is 3.10. The average Bonchev–Trinajstić information content (AvgIpc) is 3.07. The molecule has 0 fully saturated rings. The van der Waals surface area contributed by atoms with Crippen molar-refractivity contribution in [2.45, 2.75) is 13.0 Å². The summed E-state index contributed by atoms with van der Waals surface area (Å²) >= 11 is 0. The Kier molecular flexibility index (Phi) is 5.15. The monoisotopic (exact) mass is 392 g/mol. The highest BCUT2D eigenvalue weighted by Gasteiger charge is 2.27. The molecule has 0 aliphatic carbocycles. The Hall–Kier alpha value is -3.81. The maximum absolute atomic E-state index is 12.2. The second kappa shape index (κ2) is 8.05. The van der Waals surface area contributed by atoms with Crippen LogP contribution < -0.4 is 20.2 Å². The van der Waals surface area contributed by atoms with E-state index in [-0.39, 0.29) is 13.2 Å². The fourth-order valence-electron chi connectivity index (χ4n) is 3.10. The van der Waals surface area contributed by atoms with Gasteiger partial charge in [0.05, 0.1) is 12.8 Å². The third-order valence-electron chi connectivity index (χ3n) is 4.55. The number of amides is 2. The van der Waals surface area contributed by atoms with Crippen LogP contribution in [0.25, 0.3) is 10.9 Å². The van der Waals surface area contributed by atoms with Crippen molar-refractivity contribution in [3.63, 3.8) is 0 Å². The van der Waals surface area contributed by atoms with E-state index in [4.69, 9.17) is 9.47 Å². The highest BCUT2D eigenvalue weighted by molar-refractivity contribution is 6.01. The van der Waals surface area contributed by atoms with Crippen LogP contribution >= 0.6 is 0 Å². The van der Waals surface area contributed by atoms with E-state index >= 15 is 0 Å². The molecule has 1 aliphatic rings. The molecule has 0 saturated heterocycles. The molecule has 3 N–H and O–H groups in total. The van der Waals surface area contributed by atoms with Crippen LogP contribution in [0.5, 0.6) is 11.5 Å². The van der Waals surface area contributed by atoms with Crippen LogP contribution in [-0.4, -0.2) is 42.3 Å². The van der Waals surface area contributed by atoms with Crippen molar-refractivity contribution in [3.05, 3.63) is 59.8 Å². The van der Waals surface area contributed by atoms with Gasteiger partial charge in [0.25, 0.3) is 11.8 Å². The minimum Gasteiger partial charge on any atom is -0.485 e. The molecule has 0 radical (unpaired) electrons. The molecule has 0 unspecified atom stereocenters. The lowest BCUT2D eigenvalue weighted by Crippen LogP contribution is -2.46. The summed E-state index contributed by atoms with van der Waals surface area (Å²) in [5, 5.41) is 7.54. The Morgan fingerprint density at radius 3 is 2.79 bits per heavy atom. The molecule has 0 spiro atoms. The van der Waals surface area contributed by atoms with E-state index in [1.807, 2.05) is 37.3 Å². The maximum Gasteiger partial charge on any atom is 0.265 e. The van der Waals surface area contributed by atoms with Crippen LogP contribution in [0.3, 0.4) is 0 Å². The van der Waals surface area contributed by atoms with E-state index in [1.165, 1.54) is 0 Å². The summed E-state index contributed by atoms with van der Waals surface area (Å²) < 4.78 is 11.1. The zero-order chi connectivity index (χ0) is 20.2. The molecule has 2 amide bonds. The number of rotatable bonds is 5. The second-order valence-electron chi connectivity index (χ2n) is 6.58. The smallest absolute Gasteiger partial charge is 0.265 e. The summed E-state index contributed by atoms with van der Waals surface area (Å²) in [5.74, 6) is 0.230. The summed E-state index contributed by atoms with van der Waals surface area (Å²) in [4.78, 5) is 27.5. The topological polar surface area (TPSA) is 105 Å². The predicted molar refractivity (Wildman–Crippen MR) is 108 cm³/mol. The molecule has 8 nitrogen and oxygen atoms in total. The molecule has 1 atom stereocenters. The molecule has 0 bridgehead atoms. The number of hydrogen-bond acceptors (Lipinski definition) is 5. The number of nitrogens with one attached hydrogen (secondary N) is 3. The number of H-pyrrole nitrogens is 1. The number of nitrogens with zero attached hydrogens (tertiary/aromatic N) is 1. The summed E-state index contributed by atoms with van der Waals surface area (Å²) in [6.07, 6.45) is 0.776. The summed E-state index contributed by atoms with van der Waals surface area (Å²) in [6, 6.07) is 15.0. The van der Waals surface area contributed by atoms with Gasteiger partial charge in [0, 0.05) is 22.2 Å². The van der Waals surface area contributed by atoms with Crippen molar-refractivity contribution in [2.75, 3.05) is 13.2 Å².